The average molecular weight is 350 g/mol. The van der Waals surface area contributed by atoms with Crippen LogP contribution in [-0.2, 0) is 16.4 Å². The summed E-state index contributed by atoms with van der Waals surface area (Å²) in [7, 11) is 0.392. The van der Waals surface area contributed by atoms with E-state index < -0.39 is 10.0 Å². The lowest BCUT2D eigenvalue weighted by molar-refractivity contribution is 0.264. The Kier molecular flexibility index (Phi) is 4.81. The van der Waals surface area contributed by atoms with Gasteiger partial charge in [-0.1, -0.05) is 0 Å². The maximum absolute atomic E-state index is 12.7. The molecule has 3 rings (SSSR count). The van der Waals surface area contributed by atoms with Crippen molar-refractivity contribution in [3.05, 3.63) is 30.5 Å². The Balaban J connectivity index is 1.75. The number of nitrogens with one attached hydrogen (secondary N) is 1. The standard InChI is InChI=1S/C15H22N6O2S/c1-20(2)15-14(16-5-6-17-15)8-12-4-3-7-21(11-12)24(22,23)13-9-18-19-10-13/h5-6,9-10,12H,3-4,7-8,11H2,1-2H3,(H,18,19)/t12-/m0/s1. The molecule has 0 spiro atoms. The normalized spacial score (nSPS) is 19.3. The minimum Gasteiger partial charge on any atom is -0.361 e. The van der Waals surface area contributed by atoms with E-state index >= 15 is 0 Å². The zero-order valence-electron chi connectivity index (χ0n) is 13.9. The second kappa shape index (κ2) is 6.86. The summed E-state index contributed by atoms with van der Waals surface area (Å²) >= 11 is 0. The summed E-state index contributed by atoms with van der Waals surface area (Å²) in [6.07, 6.45) is 8.69. The summed E-state index contributed by atoms with van der Waals surface area (Å²) in [6.45, 7) is 1.04. The van der Waals surface area contributed by atoms with Crippen molar-refractivity contribution in [2.75, 3.05) is 32.1 Å². The van der Waals surface area contributed by atoms with Gasteiger partial charge in [0.05, 0.1) is 11.9 Å². The van der Waals surface area contributed by atoms with Crippen LogP contribution in [-0.4, -0.2) is 60.1 Å². The van der Waals surface area contributed by atoms with Crippen molar-refractivity contribution in [3.63, 3.8) is 0 Å². The smallest absolute Gasteiger partial charge is 0.246 e. The van der Waals surface area contributed by atoms with Gasteiger partial charge in [-0.2, -0.15) is 9.40 Å². The number of sulfonamides is 1. The third-order valence-corrected chi connectivity index (χ3v) is 6.08. The first-order valence-corrected chi connectivity index (χ1v) is 9.38. The molecule has 1 aliphatic rings. The average Bonchev–Trinajstić information content (AvgIpc) is 3.11. The van der Waals surface area contributed by atoms with Crippen LogP contribution in [0.15, 0.2) is 29.7 Å². The SMILES string of the molecule is CN(C)c1nccnc1C[C@@H]1CCCN(S(=O)(=O)c2cn[nH]c2)C1. The number of anilines is 1. The third-order valence-electron chi connectivity index (χ3n) is 4.25. The molecule has 130 valence electrons. The van der Waals surface area contributed by atoms with Crippen LogP contribution in [0.25, 0.3) is 0 Å². The van der Waals surface area contributed by atoms with Crippen molar-refractivity contribution in [2.24, 2.45) is 5.92 Å². The number of rotatable bonds is 5. The second-order valence-electron chi connectivity index (χ2n) is 6.23. The molecule has 3 heterocycles. The van der Waals surface area contributed by atoms with E-state index in [1.165, 1.54) is 12.4 Å². The number of hydrogen-bond acceptors (Lipinski definition) is 6. The molecule has 1 saturated heterocycles. The van der Waals surface area contributed by atoms with Gasteiger partial charge in [0.25, 0.3) is 0 Å². The van der Waals surface area contributed by atoms with Gasteiger partial charge in [-0.05, 0) is 25.2 Å². The molecule has 0 radical (unpaired) electrons. The minimum absolute atomic E-state index is 0.219. The van der Waals surface area contributed by atoms with E-state index in [1.807, 2.05) is 19.0 Å². The van der Waals surface area contributed by atoms with Gasteiger partial charge in [0.2, 0.25) is 10.0 Å². The summed E-state index contributed by atoms with van der Waals surface area (Å²) in [5.41, 5.74) is 0.912. The van der Waals surface area contributed by atoms with Crippen molar-refractivity contribution in [2.45, 2.75) is 24.2 Å². The van der Waals surface area contributed by atoms with Crippen LogP contribution >= 0.6 is 0 Å². The van der Waals surface area contributed by atoms with Gasteiger partial charge >= 0.3 is 0 Å². The van der Waals surface area contributed by atoms with E-state index in [0.717, 1.165) is 30.8 Å². The Bertz CT molecular complexity index is 775. The first-order chi connectivity index (χ1) is 11.5. The van der Waals surface area contributed by atoms with Crippen LogP contribution < -0.4 is 4.90 Å². The Labute approximate surface area is 142 Å². The summed E-state index contributed by atoms with van der Waals surface area (Å²) < 4.78 is 26.9. The van der Waals surface area contributed by atoms with Crippen molar-refractivity contribution in [1.29, 1.82) is 0 Å². The van der Waals surface area contributed by atoms with Crippen LogP contribution in [0.1, 0.15) is 18.5 Å². The monoisotopic (exact) mass is 350 g/mol. The molecule has 8 nitrogen and oxygen atoms in total. The van der Waals surface area contributed by atoms with Gasteiger partial charge in [-0.15, -0.1) is 0 Å². The van der Waals surface area contributed by atoms with E-state index in [1.54, 1.807) is 16.7 Å². The quantitative estimate of drug-likeness (QED) is 0.861. The molecule has 0 unspecified atom stereocenters. The molecule has 1 fully saturated rings. The predicted octanol–water partition coefficient (Wildman–Crippen LogP) is 0.909. The van der Waals surface area contributed by atoms with Gasteiger partial charge in [-0.3, -0.25) is 10.1 Å². The highest BCUT2D eigenvalue weighted by Crippen LogP contribution is 2.27. The van der Waals surface area contributed by atoms with E-state index in [9.17, 15) is 8.42 Å². The predicted molar refractivity (Wildman–Crippen MR) is 90.1 cm³/mol. The molecular formula is C15H22N6O2S. The molecule has 0 amide bonds. The number of aromatic nitrogens is 4. The lowest BCUT2D eigenvalue weighted by Crippen LogP contribution is -2.40. The number of piperidine rings is 1. The van der Waals surface area contributed by atoms with E-state index in [4.69, 9.17) is 0 Å². The maximum atomic E-state index is 12.7. The maximum Gasteiger partial charge on any atom is 0.246 e. The van der Waals surface area contributed by atoms with Gasteiger partial charge in [-0.25, -0.2) is 13.4 Å². The van der Waals surface area contributed by atoms with Gasteiger partial charge < -0.3 is 4.90 Å². The van der Waals surface area contributed by atoms with Gasteiger partial charge in [0, 0.05) is 45.8 Å². The molecule has 1 atom stereocenters. The third kappa shape index (κ3) is 3.41. The van der Waals surface area contributed by atoms with Gasteiger partial charge in [0.15, 0.2) is 0 Å². The fraction of sp³-hybridized carbons (Fsp3) is 0.533. The summed E-state index contributed by atoms with van der Waals surface area (Å²) in [5.74, 6) is 1.07. The fourth-order valence-corrected chi connectivity index (χ4v) is 4.55. The highest BCUT2D eigenvalue weighted by atomic mass is 32.2. The van der Waals surface area contributed by atoms with Crippen LogP contribution in [0.3, 0.4) is 0 Å². The minimum atomic E-state index is -3.48. The van der Waals surface area contributed by atoms with Gasteiger partial charge in [0.1, 0.15) is 10.7 Å². The first kappa shape index (κ1) is 16.8. The summed E-state index contributed by atoms with van der Waals surface area (Å²) in [5, 5.41) is 6.31. The van der Waals surface area contributed by atoms with Crippen molar-refractivity contribution < 1.29 is 8.42 Å². The van der Waals surface area contributed by atoms with E-state index in [-0.39, 0.29) is 10.8 Å². The molecule has 0 aliphatic carbocycles. The molecule has 2 aromatic rings. The lowest BCUT2D eigenvalue weighted by atomic mass is 9.94. The highest BCUT2D eigenvalue weighted by Gasteiger charge is 2.31. The molecule has 1 N–H and O–H groups in total. The largest absolute Gasteiger partial charge is 0.361 e. The number of aromatic amines is 1. The Hall–Kier alpha value is -2.00. The Morgan fingerprint density at radius 3 is 2.83 bits per heavy atom. The highest BCUT2D eigenvalue weighted by molar-refractivity contribution is 7.89. The molecule has 24 heavy (non-hydrogen) atoms. The number of nitrogens with zero attached hydrogens (tertiary/aromatic N) is 5. The fourth-order valence-electron chi connectivity index (χ4n) is 3.09. The Morgan fingerprint density at radius 2 is 2.12 bits per heavy atom. The van der Waals surface area contributed by atoms with E-state index in [2.05, 4.69) is 20.2 Å². The molecule has 0 aromatic carbocycles. The molecule has 9 heteroatoms. The molecule has 2 aromatic heterocycles. The summed E-state index contributed by atoms with van der Waals surface area (Å²) in [4.78, 5) is 11.0. The lowest BCUT2D eigenvalue weighted by Gasteiger charge is -2.31. The number of hydrogen-bond donors (Lipinski definition) is 1. The summed E-state index contributed by atoms with van der Waals surface area (Å²) in [6, 6.07) is 0. The van der Waals surface area contributed by atoms with E-state index in [0.29, 0.717) is 13.1 Å². The zero-order valence-corrected chi connectivity index (χ0v) is 14.7. The second-order valence-corrected chi connectivity index (χ2v) is 8.17. The van der Waals surface area contributed by atoms with Crippen LogP contribution in [0.4, 0.5) is 5.82 Å². The van der Waals surface area contributed by atoms with Crippen LogP contribution in [0.2, 0.25) is 0 Å². The topological polar surface area (TPSA) is 95.1 Å². The van der Waals surface area contributed by atoms with Crippen molar-refractivity contribution in [3.8, 4) is 0 Å². The van der Waals surface area contributed by atoms with Crippen molar-refractivity contribution >= 4 is 15.8 Å². The molecule has 0 saturated carbocycles. The van der Waals surface area contributed by atoms with Crippen LogP contribution in [0.5, 0.6) is 0 Å². The van der Waals surface area contributed by atoms with Crippen LogP contribution in [0, 0.1) is 5.92 Å². The molecular weight excluding hydrogens is 328 g/mol. The number of H-pyrrole nitrogens is 1. The van der Waals surface area contributed by atoms with Crippen molar-refractivity contribution in [1.82, 2.24) is 24.5 Å². The molecule has 1 aliphatic heterocycles. The Morgan fingerprint density at radius 1 is 1.33 bits per heavy atom. The first-order valence-electron chi connectivity index (χ1n) is 7.94. The molecule has 0 bridgehead atoms. The zero-order chi connectivity index (χ0) is 17.2.